The van der Waals surface area contributed by atoms with Crippen molar-refractivity contribution in [3.8, 4) is 0 Å². The molecule has 2 aliphatic heterocycles. The van der Waals surface area contributed by atoms with Gasteiger partial charge in [-0.3, -0.25) is 0 Å². The van der Waals surface area contributed by atoms with E-state index in [4.69, 9.17) is 0 Å². The van der Waals surface area contributed by atoms with Crippen LogP contribution in [0, 0.1) is 0 Å². The van der Waals surface area contributed by atoms with Crippen molar-refractivity contribution in [3.05, 3.63) is 29.8 Å². The maximum atomic E-state index is 10.6. The summed E-state index contributed by atoms with van der Waals surface area (Å²) in [6, 6.07) is 8.87. The molecule has 0 aromatic heterocycles. The summed E-state index contributed by atoms with van der Waals surface area (Å²) < 4.78 is 0. The highest BCUT2D eigenvalue weighted by atomic mass is 16.3. The summed E-state index contributed by atoms with van der Waals surface area (Å²) in [5, 5.41) is 10.6. The van der Waals surface area contributed by atoms with Crippen LogP contribution >= 0.6 is 0 Å². The van der Waals surface area contributed by atoms with Crippen LogP contribution in [-0.2, 0) is 6.42 Å². The lowest BCUT2D eigenvalue weighted by Gasteiger charge is -2.35. The average Bonchev–Trinajstić information content (AvgIpc) is 2.57. The molecule has 3 rings (SSSR count). The van der Waals surface area contributed by atoms with Gasteiger partial charge >= 0.3 is 0 Å². The van der Waals surface area contributed by atoms with Gasteiger partial charge in [0.1, 0.15) is 0 Å². The number of aliphatic hydroxyl groups is 1. The van der Waals surface area contributed by atoms with E-state index in [1.54, 1.807) is 0 Å². The van der Waals surface area contributed by atoms with Crippen molar-refractivity contribution in [2.24, 2.45) is 0 Å². The van der Waals surface area contributed by atoms with Crippen LogP contribution in [0.15, 0.2) is 24.3 Å². The Morgan fingerprint density at radius 3 is 3.00 bits per heavy atom. The van der Waals surface area contributed by atoms with Gasteiger partial charge in [0, 0.05) is 12.2 Å². The molecule has 16 heavy (non-hydrogen) atoms. The Kier molecular flexibility index (Phi) is 2.21. The number of benzene rings is 1. The van der Waals surface area contributed by atoms with Crippen molar-refractivity contribution in [2.75, 3.05) is 11.4 Å². The third-order valence-electron chi connectivity index (χ3n) is 4.14. The van der Waals surface area contributed by atoms with Gasteiger partial charge in [-0.25, -0.2) is 0 Å². The quantitative estimate of drug-likeness (QED) is 0.721. The highest BCUT2D eigenvalue weighted by molar-refractivity contribution is 5.60. The highest BCUT2D eigenvalue weighted by Gasteiger charge is 2.42. The molecule has 2 atom stereocenters. The number of anilines is 1. The Morgan fingerprint density at radius 2 is 2.12 bits per heavy atom. The van der Waals surface area contributed by atoms with E-state index in [-0.39, 0.29) is 6.04 Å². The molecular weight excluding hydrogens is 198 g/mol. The molecule has 2 nitrogen and oxygen atoms in total. The summed E-state index contributed by atoms with van der Waals surface area (Å²) in [5.41, 5.74) is 2.21. The summed E-state index contributed by atoms with van der Waals surface area (Å²) >= 11 is 0. The zero-order chi connectivity index (χ0) is 11.2. The average molecular weight is 217 g/mol. The topological polar surface area (TPSA) is 23.5 Å². The third-order valence-corrected chi connectivity index (χ3v) is 4.14. The second-order valence-electron chi connectivity index (χ2n) is 5.36. The summed E-state index contributed by atoms with van der Waals surface area (Å²) in [4.78, 5) is 2.42. The Labute approximate surface area is 96.9 Å². The predicted octanol–water partition coefficient (Wildman–Crippen LogP) is 2.35. The molecule has 1 fully saturated rings. The largest absolute Gasteiger partial charge is 0.388 e. The van der Waals surface area contributed by atoms with Gasteiger partial charge in [0.15, 0.2) is 0 Å². The minimum atomic E-state index is -0.532. The van der Waals surface area contributed by atoms with Crippen molar-refractivity contribution in [3.63, 3.8) is 0 Å². The van der Waals surface area contributed by atoms with E-state index in [0.717, 1.165) is 25.8 Å². The van der Waals surface area contributed by atoms with Crippen LogP contribution < -0.4 is 4.90 Å². The fraction of sp³-hybridized carbons (Fsp3) is 0.571. The second-order valence-corrected chi connectivity index (χ2v) is 5.36. The Bertz CT molecular complexity index is 399. The van der Waals surface area contributed by atoms with E-state index in [2.05, 4.69) is 29.2 Å². The Balaban J connectivity index is 2.01. The highest BCUT2D eigenvalue weighted by Crippen LogP contribution is 2.40. The van der Waals surface area contributed by atoms with Gasteiger partial charge in [-0.1, -0.05) is 18.2 Å². The predicted molar refractivity (Wildman–Crippen MR) is 65.8 cm³/mol. The lowest BCUT2D eigenvalue weighted by molar-refractivity contribution is 0.0283. The van der Waals surface area contributed by atoms with Gasteiger partial charge in [0.25, 0.3) is 0 Å². The standard InChI is InChI=1S/C14H19NO/c1-14(16)8-4-5-9-15-12-7-3-2-6-11(12)10-13(14)15/h2-3,6-7,13,16H,4-5,8-10H2,1H3/t13-,14+/m1/s1. The van der Waals surface area contributed by atoms with E-state index in [1.807, 2.05) is 6.92 Å². The van der Waals surface area contributed by atoms with E-state index in [1.165, 1.54) is 17.7 Å². The van der Waals surface area contributed by atoms with Crippen LogP contribution in [0.25, 0.3) is 0 Å². The maximum Gasteiger partial charge on any atom is 0.0825 e. The van der Waals surface area contributed by atoms with Gasteiger partial charge < -0.3 is 10.0 Å². The molecule has 2 aliphatic rings. The van der Waals surface area contributed by atoms with Crippen molar-refractivity contribution >= 4 is 5.69 Å². The lowest BCUT2D eigenvalue weighted by Crippen LogP contribution is -2.48. The zero-order valence-corrected chi connectivity index (χ0v) is 9.82. The minimum absolute atomic E-state index is 0.285. The van der Waals surface area contributed by atoms with Gasteiger partial charge in [-0.2, -0.15) is 0 Å². The van der Waals surface area contributed by atoms with E-state index in [0.29, 0.717) is 0 Å². The van der Waals surface area contributed by atoms with Crippen molar-refractivity contribution < 1.29 is 5.11 Å². The second kappa shape index (κ2) is 3.49. The number of hydrogen-bond acceptors (Lipinski definition) is 2. The van der Waals surface area contributed by atoms with E-state index < -0.39 is 5.60 Å². The molecule has 0 spiro atoms. The molecule has 0 amide bonds. The Hall–Kier alpha value is -1.02. The van der Waals surface area contributed by atoms with Gasteiger partial charge in [-0.15, -0.1) is 0 Å². The van der Waals surface area contributed by atoms with Crippen molar-refractivity contribution in [1.82, 2.24) is 0 Å². The molecule has 86 valence electrons. The molecule has 0 saturated carbocycles. The molecule has 0 unspecified atom stereocenters. The van der Waals surface area contributed by atoms with Gasteiger partial charge in [0.2, 0.25) is 0 Å². The normalized spacial score (nSPS) is 33.1. The fourth-order valence-electron chi connectivity index (χ4n) is 3.21. The van der Waals surface area contributed by atoms with E-state index >= 15 is 0 Å². The number of para-hydroxylation sites is 1. The van der Waals surface area contributed by atoms with Crippen LogP contribution in [0.2, 0.25) is 0 Å². The molecular formula is C14H19NO. The first-order valence-corrected chi connectivity index (χ1v) is 6.25. The molecule has 0 radical (unpaired) electrons. The van der Waals surface area contributed by atoms with Crippen LogP contribution in [-0.4, -0.2) is 23.3 Å². The first kappa shape index (κ1) is 10.2. The summed E-state index contributed by atoms with van der Waals surface area (Å²) in [6.45, 7) is 3.10. The maximum absolute atomic E-state index is 10.6. The molecule has 0 aliphatic carbocycles. The van der Waals surface area contributed by atoms with Crippen LogP contribution in [0.3, 0.4) is 0 Å². The smallest absolute Gasteiger partial charge is 0.0825 e. The first-order valence-electron chi connectivity index (χ1n) is 6.25. The van der Waals surface area contributed by atoms with Gasteiger partial charge in [0.05, 0.1) is 11.6 Å². The summed E-state index contributed by atoms with van der Waals surface area (Å²) in [5.74, 6) is 0. The first-order chi connectivity index (χ1) is 7.68. The molecule has 1 aromatic rings. The van der Waals surface area contributed by atoms with Crippen LogP contribution in [0.4, 0.5) is 5.69 Å². The molecule has 1 saturated heterocycles. The zero-order valence-electron chi connectivity index (χ0n) is 9.82. The molecule has 1 aromatic carbocycles. The SMILES string of the molecule is C[C@]1(O)CCCCN2c3ccccc3C[C@@H]21. The minimum Gasteiger partial charge on any atom is -0.388 e. The summed E-state index contributed by atoms with van der Waals surface area (Å²) in [6.07, 6.45) is 4.27. The molecule has 1 N–H and O–H groups in total. The molecule has 0 bridgehead atoms. The number of hydrogen-bond donors (Lipinski definition) is 1. The fourth-order valence-corrected chi connectivity index (χ4v) is 3.21. The molecule has 2 heterocycles. The van der Waals surface area contributed by atoms with Crippen LogP contribution in [0.5, 0.6) is 0 Å². The number of nitrogens with zero attached hydrogens (tertiary/aromatic N) is 1. The lowest BCUT2D eigenvalue weighted by atomic mass is 9.89. The molecule has 2 heteroatoms. The summed E-state index contributed by atoms with van der Waals surface area (Å²) in [7, 11) is 0. The Morgan fingerprint density at radius 1 is 1.31 bits per heavy atom. The van der Waals surface area contributed by atoms with E-state index in [9.17, 15) is 5.11 Å². The van der Waals surface area contributed by atoms with Crippen molar-refractivity contribution in [1.29, 1.82) is 0 Å². The number of fused-ring (bicyclic) bond motifs is 3. The third kappa shape index (κ3) is 1.44. The van der Waals surface area contributed by atoms with Crippen molar-refractivity contribution in [2.45, 2.75) is 44.2 Å². The monoisotopic (exact) mass is 217 g/mol. The van der Waals surface area contributed by atoms with Crippen LogP contribution in [0.1, 0.15) is 31.7 Å². The van der Waals surface area contributed by atoms with Gasteiger partial charge in [-0.05, 0) is 44.2 Å². The number of rotatable bonds is 0.